The lowest BCUT2D eigenvalue weighted by molar-refractivity contribution is -0.0456. The van der Waals surface area contributed by atoms with Crippen LogP contribution in [-0.2, 0) is 4.74 Å². The van der Waals surface area contributed by atoms with Crippen LogP contribution < -0.4 is 10.2 Å². The minimum atomic E-state index is -0.459. The summed E-state index contributed by atoms with van der Waals surface area (Å²) < 4.78 is 5.45. The van der Waals surface area contributed by atoms with E-state index >= 15 is 0 Å². The zero-order valence-corrected chi connectivity index (χ0v) is 18.5. The van der Waals surface area contributed by atoms with Crippen LogP contribution >= 0.6 is 0 Å². The van der Waals surface area contributed by atoms with Crippen LogP contribution in [0.3, 0.4) is 0 Å². The molecule has 2 aliphatic heterocycles. The summed E-state index contributed by atoms with van der Waals surface area (Å²) in [6.45, 7) is 8.84. The molecule has 1 aliphatic carbocycles. The van der Waals surface area contributed by atoms with Gasteiger partial charge >= 0.3 is 6.09 Å². The van der Waals surface area contributed by atoms with Crippen LogP contribution in [0.2, 0.25) is 0 Å². The van der Waals surface area contributed by atoms with E-state index in [1.165, 1.54) is 31.4 Å². The number of carbonyl (C=O) groups is 1. The highest BCUT2D eigenvalue weighted by Gasteiger charge is 2.54. The van der Waals surface area contributed by atoms with Gasteiger partial charge in [-0.25, -0.2) is 9.78 Å². The van der Waals surface area contributed by atoms with Crippen molar-refractivity contribution >= 4 is 23.7 Å². The van der Waals surface area contributed by atoms with Gasteiger partial charge in [-0.2, -0.15) is 10.1 Å². The van der Waals surface area contributed by atoms with Gasteiger partial charge in [0.1, 0.15) is 11.4 Å². The van der Waals surface area contributed by atoms with E-state index in [1.54, 1.807) is 11.1 Å². The topological polar surface area (TPSA) is 99.3 Å². The molecule has 2 saturated heterocycles. The Hall–Kier alpha value is -2.84. The second kappa shape index (κ2) is 7.39. The van der Waals surface area contributed by atoms with Gasteiger partial charge < -0.3 is 19.9 Å². The van der Waals surface area contributed by atoms with Crippen LogP contribution in [0.1, 0.15) is 58.1 Å². The van der Waals surface area contributed by atoms with Crippen molar-refractivity contribution in [1.82, 2.24) is 25.1 Å². The van der Waals surface area contributed by atoms with E-state index < -0.39 is 5.60 Å². The minimum absolute atomic E-state index is 0.141. The van der Waals surface area contributed by atoms with Crippen LogP contribution in [-0.4, -0.2) is 62.9 Å². The molecule has 0 bridgehead atoms. The van der Waals surface area contributed by atoms with Crippen LogP contribution in [0.4, 0.5) is 22.4 Å². The molecule has 3 fully saturated rings. The zero-order chi connectivity index (χ0) is 21.6. The van der Waals surface area contributed by atoms with Crippen molar-refractivity contribution in [1.29, 1.82) is 0 Å². The fourth-order valence-electron chi connectivity index (χ4n) is 4.87. The van der Waals surface area contributed by atoms with E-state index in [0.717, 1.165) is 37.8 Å². The molecule has 31 heavy (non-hydrogen) atoms. The zero-order valence-electron chi connectivity index (χ0n) is 18.5. The quantitative estimate of drug-likeness (QED) is 0.771. The lowest BCUT2D eigenvalue weighted by Gasteiger charge is -2.59. The van der Waals surface area contributed by atoms with Gasteiger partial charge in [0.05, 0.1) is 0 Å². The number of likely N-dealkylation sites (tertiary alicyclic amines) is 1. The first-order chi connectivity index (χ1) is 14.8. The van der Waals surface area contributed by atoms with Crippen LogP contribution in [0.5, 0.6) is 0 Å². The van der Waals surface area contributed by atoms with Gasteiger partial charge in [0.25, 0.3) is 0 Å². The molecule has 166 valence electrons. The number of ether oxygens (including phenoxy) is 1. The molecular weight excluding hydrogens is 394 g/mol. The molecule has 0 aromatic carbocycles. The van der Waals surface area contributed by atoms with E-state index in [9.17, 15) is 4.79 Å². The van der Waals surface area contributed by atoms with Gasteiger partial charge in [0.15, 0.2) is 5.82 Å². The van der Waals surface area contributed by atoms with Crippen LogP contribution in [0, 0.1) is 5.41 Å². The minimum Gasteiger partial charge on any atom is -0.444 e. The molecule has 2 aromatic heterocycles. The van der Waals surface area contributed by atoms with Gasteiger partial charge in [-0.1, -0.05) is 12.8 Å². The molecule has 9 nitrogen and oxygen atoms in total. The molecule has 1 amide bonds. The molecule has 0 atom stereocenters. The number of anilines is 3. The maximum absolute atomic E-state index is 12.2. The number of nitrogens with zero attached hydrogens (tertiary/aromatic N) is 5. The average Bonchev–Trinajstić information content (AvgIpc) is 3.29. The lowest BCUT2D eigenvalue weighted by atomic mass is 9.73. The molecule has 0 unspecified atom stereocenters. The molecule has 9 heteroatoms. The lowest BCUT2D eigenvalue weighted by Crippen LogP contribution is -2.73. The number of hydrogen-bond acceptors (Lipinski definition) is 7. The van der Waals surface area contributed by atoms with Gasteiger partial charge in [-0.15, -0.1) is 0 Å². The number of carbonyl (C=O) groups excluding carboxylic acids is 1. The summed E-state index contributed by atoms with van der Waals surface area (Å²) in [5, 5.41) is 10.9. The number of nitrogens with one attached hydrogen (secondary N) is 2. The Morgan fingerprint density at radius 1 is 1.19 bits per heavy atom. The summed E-state index contributed by atoms with van der Waals surface area (Å²) in [5.74, 6) is 2.83. The van der Waals surface area contributed by atoms with Crippen molar-refractivity contribution in [3.63, 3.8) is 0 Å². The number of hydrogen-bond donors (Lipinski definition) is 2. The third-order valence-electron chi connectivity index (χ3n) is 6.33. The molecule has 3 aliphatic rings. The molecule has 0 radical (unpaired) electrons. The third-order valence-corrected chi connectivity index (χ3v) is 6.33. The van der Waals surface area contributed by atoms with E-state index in [-0.39, 0.29) is 11.5 Å². The van der Waals surface area contributed by atoms with Crippen LogP contribution in [0.25, 0.3) is 0 Å². The highest BCUT2D eigenvalue weighted by Crippen LogP contribution is 2.41. The smallest absolute Gasteiger partial charge is 0.410 e. The summed E-state index contributed by atoms with van der Waals surface area (Å²) in [5.41, 5.74) is 0.889. The average molecular weight is 426 g/mol. The molecular formula is C22H31N7O2. The van der Waals surface area contributed by atoms with E-state index in [2.05, 4.69) is 36.4 Å². The number of amides is 1. The van der Waals surface area contributed by atoms with Crippen molar-refractivity contribution in [3.05, 3.63) is 24.0 Å². The second-order valence-electron chi connectivity index (χ2n) is 10.2. The largest absolute Gasteiger partial charge is 0.444 e. The molecule has 1 saturated carbocycles. The highest BCUT2D eigenvalue weighted by atomic mass is 16.6. The Labute approximate surface area is 182 Å². The van der Waals surface area contributed by atoms with E-state index in [1.807, 2.05) is 26.8 Å². The number of H-pyrrole nitrogens is 1. The van der Waals surface area contributed by atoms with Crippen molar-refractivity contribution in [2.24, 2.45) is 5.41 Å². The van der Waals surface area contributed by atoms with E-state index in [0.29, 0.717) is 11.9 Å². The molecule has 4 heterocycles. The summed E-state index contributed by atoms with van der Waals surface area (Å²) in [4.78, 5) is 25.2. The Balaban J connectivity index is 1.15. The Morgan fingerprint density at radius 2 is 1.94 bits per heavy atom. The molecule has 2 aromatic rings. The summed E-state index contributed by atoms with van der Waals surface area (Å²) in [7, 11) is 0. The van der Waals surface area contributed by atoms with Crippen molar-refractivity contribution in [2.45, 2.75) is 58.0 Å². The summed E-state index contributed by atoms with van der Waals surface area (Å²) in [6, 6.07) is 3.95. The first-order valence-electron chi connectivity index (χ1n) is 11.2. The maximum atomic E-state index is 12.2. The van der Waals surface area contributed by atoms with Gasteiger partial charge in [0, 0.05) is 55.5 Å². The predicted molar refractivity (Wildman–Crippen MR) is 118 cm³/mol. The Kier molecular flexibility index (Phi) is 4.79. The number of aromatic nitrogens is 4. The normalized spacial score (nSPS) is 20.5. The third kappa shape index (κ3) is 4.18. The van der Waals surface area contributed by atoms with Gasteiger partial charge in [0.2, 0.25) is 5.95 Å². The monoisotopic (exact) mass is 425 g/mol. The molecule has 5 rings (SSSR count). The fourth-order valence-corrected chi connectivity index (χ4v) is 4.87. The first-order valence-corrected chi connectivity index (χ1v) is 11.2. The standard InChI is InChI=1S/C22H31N7O2/c1-21(2,3)31-20(30)29-13-22(14-29)11-28(12-22)19-23-9-8-17(25-19)24-18-10-16(26-27-18)15-6-4-5-7-15/h8-10,15H,4-7,11-14H2,1-3H3,(H2,23,24,25,26,27). The second-order valence-corrected chi connectivity index (χ2v) is 10.2. The Bertz CT molecular complexity index is 947. The van der Waals surface area contributed by atoms with Gasteiger partial charge in [-0.3, -0.25) is 5.10 Å². The van der Waals surface area contributed by atoms with Gasteiger partial charge in [-0.05, 0) is 39.7 Å². The maximum Gasteiger partial charge on any atom is 0.410 e. The molecule has 2 N–H and O–H groups in total. The fraction of sp³-hybridized carbons (Fsp3) is 0.636. The van der Waals surface area contributed by atoms with Crippen molar-refractivity contribution in [2.75, 3.05) is 36.4 Å². The Morgan fingerprint density at radius 3 is 2.65 bits per heavy atom. The molecule has 1 spiro atoms. The summed E-state index contributed by atoms with van der Waals surface area (Å²) in [6.07, 6.45) is 6.62. The SMILES string of the molecule is CC(C)(C)OC(=O)N1CC2(C1)CN(c1nccc(Nc3cc(C4CCCC4)[nH]n3)n1)C2. The first kappa shape index (κ1) is 20.1. The number of rotatable bonds is 4. The summed E-state index contributed by atoms with van der Waals surface area (Å²) >= 11 is 0. The van der Waals surface area contributed by atoms with Crippen LogP contribution in [0.15, 0.2) is 18.3 Å². The highest BCUT2D eigenvalue weighted by molar-refractivity contribution is 5.70. The van der Waals surface area contributed by atoms with E-state index in [4.69, 9.17) is 4.74 Å². The predicted octanol–water partition coefficient (Wildman–Crippen LogP) is 3.66. The van der Waals surface area contributed by atoms with Crippen molar-refractivity contribution in [3.8, 4) is 0 Å². The number of aromatic amines is 1. The van der Waals surface area contributed by atoms with Crippen molar-refractivity contribution < 1.29 is 9.53 Å².